The van der Waals surface area contributed by atoms with Crippen LogP contribution in [0.15, 0.2) is 18.2 Å². The largest absolute Gasteiger partial charge is 0.494 e. The van der Waals surface area contributed by atoms with Gasteiger partial charge in [-0.25, -0.2) is 9.49 Å². The second-order valence-electron chi connectivity index (χ2n) is 4.09. The predicted octanol–water partition coefficient (Wildman–Crippen LogP) is 1.53. The van der Waals surface area contributed by atoms with Gasteiger partial charge < -0.3 is 9.47 Å². The number of nitrogens with one attached hydrogen (secondary N) is 2. The lowest BCUT2D eigenvalue weighted by atomic mass is 10.1. The van der Waals surface area contributed by atoms with Crippen LogP contribution in [0.5, 0.6) is 11.8 Å². The Morgan fingerprint density at radius 1 is 1.48 bits per heavy atom. The molecule has 8 heteroatoms. The molecule has 0 aliphatic rings. The SMILES string of the molecule is CCOc1n[nH]c(NC(=O)Cc2ccc(OC)c(F)c2)n1. The fraction of sp³-hybridized carbons (Fsp3) is 0.308. The zero-order chi connectivity index (χ0) is 15.2. The molecule has 0 radical (unpaired) electrons. The van der Waals surface area contributed by atoms with Gasteiger partial charge in [-0.3, -0.25) is 10.1 Å². The van der Waals surface area contributed by atoms with Crippen molar-refractivity contribution in [3.05, 3.63) is 29.6 Å². The standard InChI is InChI=1S/C13H15FN4O3/c1-3-21-13-16-12(17-18-13)15-11(19)7-8-4-5-10(20-2)9(14)6-8/h4-6H,3,7H2,1-2H3,(H2,15,16,17,18,19). The highest BCUT2D eigenvalue weighted by molar-refractivity contribution is 5.90. The van der Waals surface area contributed by atoms with Crippen molar-refractivity contribution < 1.29 is 18.7 Å². The summed E-state index contributed by atoms with van der Waals surface area (Å²) < 4.78 is 23.4. The highest BCUT2D eigenvalue weighted by atomic mass is 19.1. The monoisotopic (exact) mass is 294 g/mol. The third-order valence-corrected chi connectivity index (χ3v) is 2.58. The van der Waals surface area contributed by atoms with Gasteiger partial charge in [-0.05, 0) is 24.6 Å². The van der Waals surface area contributed by atoms with Crippen LogP contribution in [0.3, 0.4) is 0 Å². The number of ether oxygens (including phenoxy) is 2. The van der Waals surface area contributed by atoms with Gasteiger partial charge in [-0.15, -0.1) is 5.10 Å². The van der Waals surface area contributed by atoms with Gasteiger partial charge in [0.25, 0.3) is 0 Å². The molecule has 0 aliphatic carbocycles. The van der Waals surface area contributed by atoms with Gasteiger partial charge in [0.1, 0.15) is 0 Å². The lowest BCUT2D eigenvalue weighted by molar-refractivity contribution is -0.115. The van der Waals surface area contributed by atoms with Crippen LogP contribution < -0.4 is 14.8 Å². The maximum absolute atomic E-state index is 13.5. The molecule has 112 valence electrons. The number of aromatic amines is 1. The van der Waals surface area contributed by atoms with E-state index in [4.69, 9.17) is 9.47 Å². The summed E-state index contributed by atoms with van der Waals surface area (Å²) in [5, 5.41) is 8.79. The lowest BCUT2D eigenvalue weighted by Crippen LogP contribution is -2.15. The van der Waals surface area contributed by atoms with E-state index in [1.807, 2.05) is 0 Å². The van der Waals surface area contributed by atoms with Crippen LogP contribution in [0, 0.1) is 5.82 Å². The number of benzene rings is 1. The predicted molar refractivity (Wildman–Crippen MR) is 72.8 cm³/mol. The molecule has 1 amide bonds. The van der Waals surface area contributed by atoms with Gasteiger partial charge in [0.15, 0.2) is 11.6 Å². The molecule has 0 unspecified atom stereocenters. The van der Waals surface area contributed by atoms with Gasteiger partial charge in [-0.2, -0.15) is 4.98 Å². The van der Waals surface area contributed by atoms with Crippen molar-refractivity contribution in [2.75, 3.05) is 19.0 Å². The summed E-state index contributed by atoms with van der Waals surface area (Å²) in [5.41, 5.74) is 0.523. The fourth-order valence-corrected chi connectivity index (χ4v) is 1.68. The molecular formula is C13H15FN4O3. The number of hydrogen-bond acceptors (Lipinski definition) is 5. The highest BCUT2D eigenvalue weighted by Gasteiger charge is 2.10. The summed E-state index contributed by atoms with van der Waals surface area (Å²) in [5.74, 6) is -0.548. The Labute approximate surface area is 120 Å². The third kappa shape index (κ3) is 3.91. The Morgan fingerprint density at radius 2 is 2.29 bits per heavy atom. The van der Waals surface area contributed by atoms with E-state index in [1.165, 1.54) is 19.2 Å². The van der Waals surface area contributed by atoms with Gasteiger partial charge in [-0.1, -0.05) is 6.07 Å². The maximum atomic E-state index is 13.5. The Kier molecular flexibility index (Phi) is 4.70. The topological polar surface area (TPSA) is 89.1 Å². The Hall–Kier alpha value is -2.64. The molecule has 0 aliphatic heterocycles. The van der Waals surface area contributed by atoms with Crippen molar-refractivity contribution in [2.45, 2.75) is 13.3 Å². The van der Waals surface area contributed by atoms with Crippen molar-refractivity contribution in [3.63, 3.8) is 0 Å². The second kappa shape index (κ2) is 6.69. The second-order valence-corrected chi connectivity index (χ2v) is 4.09. The summed E-state index contributed by atoms with van der Waals surface area (Å²) in [6, 6.07) is 4.50. The first-order chi connectivity index (χ1) is 10.1. The van der Waals surface area contributed by atoms with Crippen LogP contribution >= 0.6 is 0 Å². The average Bonchev–Trinajstić information content (AvgIpc) is 2.86. The van der Waals surface area contributed by atoms with E-state index >= 15 is 0 Å². The van der Waals surface area contributed by atoms with Crippen molar-refractivity contribution in [2.24, 2.45) is 0 Å². The molecule has 0 saturated heterocycles. The Bertz CT molecular complexity index is 630. The Balaban J connectivity index is 1.96. The quantitative estimate of drug-likeness (QED) is 0.843. The van der Waals surface area contributed by atoms with Crippen LogP contribution in [0.2, 0.25) is 0 Å². The molecule has 2 N–H and O–H groups in total. The van der Waals surface area contributed by atoms with E-state index in [2.05, 4.69) is 20.5 Å². The summed E-state index contributed by atoms with van der Waals surface area (Å²) >= 11 is 0. The van der Waals surface area contributed by atoms with Gasteiger partial charge >= 0.3 is 6.01 Å². The summed E-state index contributed by atoms with van der Waals surface area (Å²) in [7, 11) is 1.38. The minimum atomic E-state index is -0.513. The number of amides is 1. The molecule has 0 bridgehead atoms. The fourth-order valence-electron chi connectivity index (χ4n) is 1.68. The number of methoxy groups -OCH3 is 1. The first-order valence-electron chi connectivity index (χ1n) is 6.29. The van der Waals surface area contributed by atoms with Crippen LogP contribution in [-0.4, -0.2) is 34.8 Å². The molecule has 0 saturated carbocycles. The molecule has 21 heavy (non-hydrogen) atoms. The summed E-state index contributed by atoms with van der Waals surface area (Å²) in [6.45, 7) is 2.23. The normalized spacial score (nSPS) is 10.2. The van der Waals surface area contributed by atoms with Gasteiger partial charge in [0.05, 0.1) is 20.1 Å². The van der Waals surface area contributed by atoms with Gasteiger partial charge in [0.2, 0.25) is 11.9 Å². The number of aromatic nitrogens is 3. The number of H-pyrrole nitrogens is 1. The minimum Gasteiger partial charge on any atom is -0.494 e. The Morgan fingerprint density at radius 3 is 2.95 bits per heavy atom. The minimum absolute atomic E-state index is 0.00554. The number of nitrogens with zero attached hydrogens (tertiary/aromatic N) is 2. The molecule has 1 aromatic heterocycles. The molecule has 7 nitrogen and oxygen atoms in total. The maximum Gasteiger partial charge on any atom is 0.337 e. The number of rotatable bonds is 6. The van der Waals surface area contributed by atoms with Gasteiger partial charge in [0, 0.05) is 0 Å². The van der Waals surface area contributed by atoms with E-state index in [0.29, 0.717) is 12.2 Å². The number of halogens is 1. The number of anilines is 1. The zero-order valence-electron chi connectivity index (χ0n) is 11.6. The van der Waals surface area contributed by atoms with Crippen molar-refractivity contribution >= 4 is 11.9 Å². The van der Waals surface area contributed by atoms with Crippen LogP contribution in [0.25, 0.3) is 0 Å². The van der Waals surface area contributed by atoms with Crippen molar-refractivity contribution in [1.29, 1.82) is 0 Å². The van der Waals surface area contributed by atoms with Crippen LogP contribution in [0.4, 0.5) is 10.3 Å². The summed E-state index contributed by atoms with van der Waals surface area (Å²) in [6.07, 6.45) is 0.00554. The highest BCUT2D eigenvalue weighted by Crippen LogP contribution is 2.18. The average molecular weight is 294 g/mol. The first-order valence-corrected chi connectivity index (χ1v) is 6.29. The van der Waals surface area contributed by atoms with E-state index in [0.717, 1.165) is 0 Å². The lowest BCUT2D eigenvalue weighted by Gasteiger charge is -2.05. The number of hydrogen-bond donors (Lipinski definition) is 2. The van der Waals surface area contributed by atoms with Crippen molar-refractivity contribution in [1.82, 2.24) is 15.2 Å². The van der Waals surface area contributed by atoms with E-state index < -0.39 is 5.82 Å². The third-order valence-electron chi connectivity index (χ3n) is 2.58. The van der Waals surface area contributed by atoms with E-state index in [-0.39, 0.29) is 30.0 Å². The molecular weight excluding hydrogens is 279 g/mol. The molecule has 2 aromatic rings. The smallest absolute Gasteiger partial charge is 0.337 e. The van der Waals surface area contributed by atoms with Crippen LogP contribution in [0.1, 0.15) is 12.5 Å². The molecule has 1 aromatic carbocycles. The van der Waals surface area contributed by atoms with E-state index in [9.17, 15) is 9.18 Å². The molecule has 0 atom stereocenters. The first kappa shape index (κ1) is 14.8. The number of carbonyl (C=O) groups excluding carboxylic acids is 1. The van der Waals surface area contributed by atoms with E-state index in [1.54, 1.807) is 13.0 Å². The molecule has 0 fully saturated rings. The molecule has 1 heterocycles. The van der Waals surface area contributed by atoms with Crippen molar-refractivity contribution in [3.8, 4) is 11.8 Å². The molecule has 0 spiro atoms. The zero-order valence-corrected chi connectivity index (χ0v) is 11.6. The molecule has 2 rings (SSSR count). The van der Waals surface area contributed by atoms with Crippen LogP contribution in [-0.2, 0) is 11.2 Å². The summed E-state index contributed by atoms with van der Waals surface area (Å²) in [4.78, 5) is 15.7. The number of carbonyl (C=O) groups is 1.